The van der Waals surface area contributed by atoms with E-state index in [1.165, 1.54) is 11.3 Å². The van der Waals surface area contributed by atoms with Gasteiger partial charge in [0.25, 0.3) is 5.91 Å². The van der Waals surface area contributed by atoms with E-state index in [1.54, 1.807) is 11.0 Å². The topological polar surface area (TPSA) is 46.3 Å². The Kier molecular flexibility index (Phi) is 2.76. The summed E-state index contributed by atoms with van der Waals surface area (Å²) in [5, 5.41) is 2.34. The second-order valence-electron chi connectivity index (χ2n) is 4.19. The van der Waals surface area contributed by atoms with Gasteiger partial charge in [-0.15, -0.1) is 11.3 Å². The Morgan fingerprint density at radius 3 is 2.94 bits per heavy atom. The number of thiophene rings is 1. The van der Waals surface area contributed by atoms with Crippen LogP contribution in [0.15, 0.2) is 29.6 Å². The van der Waals surface area contributed by atoms with Crippen LogP contribution in [0.1, 0.15) is 15.2 Å². The Labute approximate surface area is 114 Å². The number of hydrogen-bond acceptors (Lipinski definition) is 3. The summed E-state index contributed by atoms with van der Waals surface area (Å²) in [6, 6.07) is 7.44. The average molecular weight is 279 g/mol. The average Bonchev–Trinajstić information content (AvgIpc) is 2.94. The van der Waals surface area contributed by atoms with Gasteiger partial charge >= 0.3 is 0 Å². The molecular weight excluding hydrogens is 268 g/mol. The van der Waals surface area contributed by atoms with E-state index in [4.69, 9.17) is 17.3 Å². The lowest BCUT2D eigenvalue weighted by Crippen LogP contribution is -2.28. The van der Waals surface area contributed by atoms with Crippen LogP contribution in [0.3, 0.4) is 0 Å². The molecule has 1 aliphatic heterocycles. The van der Waals surface area contributed by atoms with Gasteiger partial charge in [0.15, 0.2) is 0 Å². The third-order valence-electron chi connectivity index (χ3n) is 3.06. The lowest BCUT2D eigenvalue weighted by Gasteiger charge is -2.17. The van der Waals surface area contributed by atoms with Gasteiger partial charge in [0, 0.05) is 17.9 Å². The number of nitrogens with zero attached hydrogens (tertiary/aromatic N) is 1. The second kappa shape index (κ2) is 4.30. The van der Waals surface area contributed by atoms with Crippen LogP contribution < -0.4 is 10.6 Å². The molecule has 2 aromatic rings. The fourth-order valence-corrected chi connectivity index (χ4v) is 3.26. The normalized spacial score (nSPS) is 13.7. The molecule has 18 heavy (non-hydrogen) atoms. The molecule has 3 nitrogen and oxygen atoms in total. The standard InChI is InChI=1S/C13H11ClN2OS/c14-10-4-6-18-12(10)13(17)16-5-3-8-1-2-9(15)7-11(8)16/h1-2,4,6-7H,3,5,15H2. The summed E-state index contributed by atoms with van der Waals surface area (Å²) < 4.78 is 0. The lowest BCUT2D eigenvalue weighted by atomic mass is 10.1. The molecule has 0 atom stereocenters. The number of amides is 1. The molecule has 1 aromatic carbocycles. The minimum atomic E-state index is -0.0423. The van der Waals surface area contributed by atoms with E-state index in [0.29, 0.717) is 22.1 Å². The van der Waals surface area contributed by atoms with Crippen molar-refractivity contribution in [1.29, 1.82) is 0 Å². The highest BCUT2D eigenvalue weighted by atomic mass is 35.5. The van der Waals surface area contributed by atoms with Crippen LogP contribution in [0.2, 0.25) is 5.02 Å². The first-order chi connectivity index (χ1) is 8.66. The maximum Gasteiger partial charge on any atom is 0.269 e. The number of fused-ring (bicyclic) bond motifs is 1. The van der Waals surface area contributed by atoms with Crippen molar-refractivity contribution in [3.63, 3.8) is 0 Å². The Balaban J connectivity index is 2.00. The van der Waals surface area contributed by atoms with Crippen molar-refractivity contribution in [3.8, 4) is 0 Å². The van der Waals surface area contributed by atoms with Gasteiger partial charge in [-0.25, -0.2) is 0 Å². The third-order valence-corrected chi connectivity index (χ3v) is 4.39. The first kappa shape index (κ1) is 11.6. The smallest absolute Gasteiger partial charge is 0.269 e. The molecule has 1 amide bonds. The molecule has 2 N–H and O–H groups in total. The Morgan fingerprint density at radius 1 is 1.39 bits per heavy atom. The molecular formula is C13H11ClN2OS. The quantitative estimate of drug-likeness (QED) is 0.815. The Bertz CT molecular complexity index is 623. The zero-order valence-electron chi connectivity index (χ0n) is 9.52. The van der Waals surface area contributed by atoms with Crippen LogP contribution in [0, 0.1) is 0 Å². The van der Waals surface area contributed by atoms with Crippen LogP contribution in [0.4, 0.5) is 11.4 Å². The van der Waals surface area contributed by atoms with Crippen molar-refractivity contribution >= 4 is 40.2 Å². The van der Waals surface area contributed by atoms with Gasteiger partial charge < -0.3 is 10.6 Å². The summed E-state index contributed by atoms with van der Waals surface area (Å²) in [4.78, 5) is 14.8. The minimum absolute atomic E-state index is 0.0423. The molecule has 0 spiro atoms. The van der Waals surface area contributed by atoms with E-state index < -0.39 is 0 Å². The summed E-state index contributed by atoms with van der Waals surface area (Å²) in [6.07, 6.45) is 0.865. The molecule has 92 valence electrons. The van der Waals surface area contributed by atoms with Crippen molar-refractivity contribution in [2.75, 3.05) is 17.2 Å². The minimum Gasteiger partial charge on any atom is -0.399 e. The summed E-state index contributed by atoms with van der Waals surface area (Å²) in [7, 11) is 0. The zero-order chi connectivity index (χ0) is 12.7. The van der Waals surface area contributed by atoms with E-state index >= 15 is 0 Å². The molecule has 3 rings (SSSR count). The molecule has 0 saturated carbocycles. The summed E-state index contributed by atoms with van der Waals surface area (Å²) in [5.41, 5.74) is 8.52. The van der Waals surface area contributed by atoms with Crippen molar-refractivity contribution in [2.24, 2.45) is 0 Å². The molecule has 5 heteroatoms. The molecule has 1 aliphatic rings. The van der Waals surface area contributed by atoms with Crippen LogP contribution in [-0.4, -0.2) is 12.5 Å². The van der Waals surface area contributed by atoms with Gasteiger partial charge in [-0.3, -0.25) is 4.79 Å². The van der Waals surface area contributed by atoms with Gasteiger partial charge in [0.1, 0.15) is 4.88 Å². The number of benzene rings is 1. The number of carbonyl (C=O) groups excluding carboxylic acids is 1. The van der Waals surface area contributed by atoms with Crippen LogP contribution in [0.25, 0.3) is 0 Å². The maximum absolute atomic E-state index is 12.4. The van der Waals surface area contributed by atoms with Gasteiger partial charge in [0.05, 0.1) is 5.02 Å². The highest BCUT2D eigenvalue weighted by molar-refractivity contribution is 7.12. The van der Waals surface area contributed by atoms with E-state index in [0.717, 1.165) is 17.7 Å². The third kappa shape index (κ3) is 1.78. The number of nitrogen functional groups attached to an aromatic ring is 1. The van der Waals surface area contributed by atoms with E-state index in [-0.39, 0.29) is 5.91 Å². The molecule has 0 unspecified atom stereocenters. The molecule has 0 fully saturated rings. The lowest BCUT2D eigenvalue weighted by molar-refractivity contribution is 0.0993. The Hall–Kier alpha value is -1.52. The molecule has 0 saturated heterocycles. The van der Waals surface area contributed by atoms with Crippen molar-refractivity contribution < 1.29 is 4.79 Å². The predicted octanol–water partition coefficient (Wildman–Crippen LogP) is 3.19. The highest BCUT2D eigenvalue weighted by Gasteiger charge is 2.27. The van der Waals surface area contributed by atoms with E-state index in [9.17, 15) is 4.79 Å². The molecule has 0 bridgehead atoms. The SMILES string of the molecule is Nc1ccc2c(c1)N(C(=O)c1sccc1Cl)CC2. The number of rotatable bonds is 1. The summed E-state index contributed by atoms with van der Waals surface area (Å²) in [6.45, 7) is 0.686. The Morgan fingerprint density at radius 2 is 2.22 bits per heavy atom. The molecule has 0 radical (unpaired) electrons. The van der Waals surface area contributed by atoms with E-state index in [2.05, 4.69) is 0 Å². The number of anilines is 2. The van der Waals surface area contributed by atoms with Gasteiger partial charge in [0.2, 0.25) is 0 Å². The number of halogens is 1. The van der Waals surface area contributed by atoms with Crippen molar-refractivity contribution in [3.05, 3.63) is 45.1 Å². The number of nitrogens with two attached hydrogens (primary N) is 1. The van der Waals surface area contributed by atoms with Crippen LogP contribution in [0.5, 0.6) is 0 Å². The first-order valence-electron chi connectivity index (χ1n) is 5.60. The molecule has 2 heterocycles. The molecule has 1 aromatic heterocycles. The first-order valence-corrected chi connectivity index (χ1v) is 6.86. The monoisotopic (exact) mass is 278 g/mol. The van der Waals surface area contributed by atoms with E-state index in [1.807, 2.05) is 23.6 Å². The summed E-state index contributed by atoms with van der Waals surface area (Å²) in [5.74, 6) is -0.0423. The fraction of sp³-hybridized carbons (Fsp3) is 0.154. The highest BCUT2D eigenvalue weighted by Crippen LogP contribution is 2.33. The fourth-order valence-electron chi connectivity index (χ4n) is 2.18. The largest absolute Gasteiger partial charge is 0.399 e. The van der Waals surface area contributed by atoms with Crippen molar-refractivity contribution in [2.45, 2.75) is 6.42 Å². The maximum atomic E-state index is 12.4. The number of hydrogen-bond donors (Lipinski definition) is 1. The predicted molar refractivity (Wildman–Crippen MR) is 75.6 cm³/mol. The zero-order valence-corrected chi connectivity index (χ0v) is 11.1. The summed E-state index contributed by atoms with van der Waals surface area (Å²) >= 11 is 7.38. The number of carbonyl (C=O) groups is 1. The van der Waals surface area contributed by atoms with Gasteiger partial charge in [-0.05, 0) is 35.6 Å². The van der Waals surface area contributed by atoms with Crippen LogP contribution >= 0.6 is 22.9 Å². The van der Waals surface area contributed by atoms with Gasteiger partial charge in [-0.2, -0.15) is 0 Å². The van der Waals surface area contributed by atoms with Gasteiger partial charge in [-0.1, -0.05) is 17.7 Å². The second-order valence-corrected chi connectivity index (χ2v) is 5.52. The van der Waals surface area contributed by atoms with Crippen molar-refractivity contribution in [1.82, 2.24) is 0 Å². The van der Waals surface area contributed by atoms with Crippen LogP contribution in [-0.2, 0) is 6.42 Å². The molecule has 0 aliphatic carbocycles.